The Morgan fingerprint density at radius 3 is 2.81 bits per heavy atom. The van der Waals surface area contributed by atoms with Crippen molar-refractivity contribution in [1.82, 2.24) is 5.32 Å². The van der Waals surface area contributed by atoms with Gasteiger partial charge >= 0.3 is 0 Å². The van der Waals surface area contributed by atoms with E-state index in [-0.39, 0.29) is 0 Å². The lowest BCUT2D eigenvalue weighted by molar-refractivity contribution is 0.178. The van der Waals surface area contributed by atoms with Crippen molar-refractivity contribution in [2.45, 2.75) is 12.6 Å². The van der Waals surface area contributed by atoms with E-state index >= 15 is 0 Å². The van der Waals surface area contributed by atoms with Crippen LogP contribution >= 0.6 is 38.6 Å². The monoisotopic (exact) mass is 317 g/mol. The van der Waals surface area contributed by atoms with Crippen molar-refractivity contribution in [3.63, 3.8) is 0 Å². The third kappa shape index (κ3) is 3.15. The van der Waals surface area contributed by atoms with Crippen LogP contribution in [0.15, 0.2) is 33.4 Å². The second kappa shape index (κ2) is 5.93. The first kappa shape index (κ1) is 12.3. The molecule has 0 fully saturated rings. The predicted molar refractivity (Wildman–Crippen MR) is 73.0 cm³/mol. The van der Waals surface area contributed by atoms with Crippen molar-refractivity contribution in [2.75, 3.05) is 6.54 Å². The zero-order valence-corrected chi connectivity index (χ0v) is 11.7. The molecule has 2 heterocycles. The lowest BCUT2D eigenvalue weighted by atomic mass is 10.3. The average molecular weight is 318 g/mol. The summed E-state index contributed by atoms with van der Waals surface area (Å²) in [6, 6.07) is 5.95. The van der Waals surface area contributed by atoms with Gasteiger partial charge < -0.3 is 10.4 Å². The molecule has 1 unspecified atom stereocenters. The van der Waals surface area contributed by atoms with Crippen molar-refractivity contribution in [3.05, 3.63) is 43.2 Å². The number of thiophene rings is 2. The Hall–Kier alpha value is -0.200. The van der Waals surface area contributed by atoms with Crippen LogP contribution in [-0.4, -0.2) is 11.7 Å². The maximum atomic E-state index is 9.85. The van der Waals surface area contributed by atoms with Crippen LogP contribution in [0.2, 0.25) is 0 Å². The lowest BCUT2D eigenvalue weighted by Gasteiger charge is -2.09. The highest BCUT2D eigenvalue weighted by Crippen LogP contribution is 2.22. The van der Waals surface area contributed by atoms with Gasteiger partial charge in [0.2, 0.25) is 0 Å². The quantitative estimate of drug-likeness (QED) is 0.886. The van der Waals surface area contributed by atoms with Crippen molar-refractivity contribution in [2.24, 2.45) is 0 Å². The van der Waals surface area contributed by atoms with E-state index < -0.39 is 6.10 Å². The number of halogens is 1. The Morgan fingerprint density at radius 2 is 2.19 bits per heavy atom. The molecule has 0 bridgehead atoms. The van der Waals surface area contributed by atoms with Gasteiger partial charge in [0.25, 0.3) is 0 Å². The molecule has 0 amide bonds. The second-order valence-electron chi connectivity index (χ2n) is 3.35. The van der Waals surface area contributed by atoms with E-state index in [0.717, 1.165) is 15.9 Å². The molecule has 0 saturated heterocycles. The Morgan fingerprint density at radius 1 is 1.31 bits per heavy atom. The first-order chi connectivity index (χ1) is 7.77. The molecule has 2 nitrogen and oxygen atoms in total. The van der Waals surface area contributed by atoms with Crippen LogP contribution < -0.4 is 5.32 Å². The van der Waals surface area contributed by atoms with Gasteiger partial charge in [0.15, 0.2) is 0 Å². The summed E-state index contributed by atoms with van der Waals surface area (Å²) in [4.78, 5) is 2.27. The number of rotatable bonds is 5. The minimum atomic E-state index is -0.404. The molecule has 0 aliphatic heterocycles. The molecule has 1 atom stereocenters. The maximum Gasteiger partial charge on any atom is 0.101 e. The number of hydrogen-bond acceptors (Lipinski definition) is 4. The molecule has 5 heteroatoms. The van der Waals surface area contributed by atoms with E-state index in [9.17, 15) is 5.11 Å². The van der Waals surface area contributed by atoms with Crippen LogP contribution in [0.5, 0.6) is 0 Å². The average Bonchev–Trinajstić information content (AvgIpc) is 2.90. The Labute approximate surface area is 111 Å². The van der Waals surface area contributed by atoms with Gasteiger partial charge in [-0.05, 0) is 38.8 Å². The second-order valence-corrected chi connectivity index (χ2v) is 6.19. The normalized spacial score (nSPS) is 12.9. The van der Waals surface area contributed by atoms with Crippen LogP contribution in [0.1, 0.15) is 15.9 Å². The topological polar surface area (TPSA) is 32.3 Å². The Balaban J connectivity index is 1.78. The zero-order chi connectivity index (χ0) is 11.4. The standard InChI is InChI=1S/C11H12BrNOS2/c12-8-3-5-16-11(8)7-13-6-9(14)10-2-1-4-15-10/h1-5,9,13-14H,6-7H2. The molecule has 0 aliphatic rings. The number of aliphatic hydroxyl groups excluding tert-OH is 1. The van der Waals surface area contributed by atoms with Crippen LogP contribution in [0, 0.1) is 0 Å². The molecule has 2 aromatic rings. The fraction of sp³-hybridized carbons (Fsp3) is 0.273. The molecule has 2 aromatic heterocycles. The summed E-state index contributed by atoms with van der Waals surface area (Å²) < 4.78 is 1.13. The van der Waals surface area contributed by atoms with Crippen LogP contribution in [0.25, 0.3) is 0 Å². The summed E-state index contributed by atoms with van der Waals surface area (Å²) in [5, 5.41) is 17.1. The molecule has 0 spiro atoms. The molecular weight excluding hydrogens is 306 g/mol. The summed E-state index contributed by atoms with van der Waals surface area (Å²) in [6.07, 6.45) is -0.404. The van der Waals surface area contributed by atoms with E-state index in [0.29, 0.717) is 6.54 Å². The van der Waals surface area contributed by atoms with Crippen LogP contribution in [-0.2, 0) is 6.54 Å². The molecule has 86 valence electrons. The van der Waals surface area contributed by atoms with Gasteiger partial charge in [-0.2, -0.15) is 0 Å². The Bertz CT molecular complexity index is 427. The van der Waals surface area contributed by atoms with Gasteiger partial charge in [-0.15, -0.1) is 22.7 Å². The van der Waals surface area contributed by atoms with Crippen LogP contribution in [0.3, 0.4) is 0 Å². The third-order valence-corrected chi connectivity index (χ3v) is 5.09. The highest BCUT2D eigenvalue weighted by atomic mass is 79.9. The van der Waals surface area contributed by atoms with Crippen LogP contribution in [0.4, 0.5) is 0 Å². The smallest absolute Gasteiger partial charge is 0.101 e. The maximum absolute atomic E-state index is 9.85. The number of nitrogens with one attached hydrogen (secondary N) is 1. The highest BCUT2D eigenvalue weighted by Gasteiger charge is 2.08. The van der Waals surface area contributed by atoms with E-state index in [1.807, 2.05) is 23.6 Å². The van der Waals surface area contributed by atoms with Gasteiger partial charge in [0.1, 0.15) is 6.10 Å². The third-order valence-electron chi connectivity index (χ3n) is 2.19. The van der Waals surface area contributed by atoms with Gasteiger partial charge in [-0.25, -0.2) is 0 Å². The summed E-state index contributed by atoms with van der Waals surface area (Å²) >= 11 is 6.78. The largest absolute Gasteiger partial charge is 0.386 e. The molecular formula is C11H12BrNOS2. The summed E-state index contributed by atoms with van der Waals surface area (Å²) in [6.45, 7) is 1.38. The molecule has 16 heavy (non-hydrogen) atoms. The summed E-state index contributed by atoms with van der Waals surface area (Å²) in [5.41, 5.74) is 0. The van der Waals surface area contributed by atoms with E-state index in [1.54, 1.807) is 22.7 Å². The Kier molecular flexibility index (Phi) is 4.55. The van der Waals surface area contributed by atoms with Gasteiger partial charge in [-0.3, -0.25) is 0 Å². The van der Waals surface area contributed by atoms with Crippen molar-refractivity contribution < 1.29 is 5.11 Å². The zero-order valence-electron chi connectivity index (χ0n) is 8.52. The minimum Gasteiger partial charge on any atom is -0.386 e. The summed E-state index contributed by atoms with van der Waals surface area (Å²) in [7, 11) is 0. The van der Waals surface area contributed by atoms with Crippen molar-refractivity contribution >= 4 is 38.6 Å². The predicted octanol–water partition coefficient (Wildman–Crippen LogP) is 3.40. The van der Waals surface area contributed by atoms with E-state index in [2.05, 4.69) is 26.6 Å². The fourth-order valence-electron chi connectivity index (χ4n) is 1.36. The molecule has 0 saturated carbocycles. The van der Waals surface area contributed by atoms with Gasteiger partial charge in [0.05, 0.1) is 0 Å². The fourth-order valence-corrected chi connectivity index (χ4v) is 3.53. The molecule has 2 rings (SSSR count). The first-order valence-electron chi connectivity index (χ1n) is 4.91. The minimum absolute atomic E-state index is 0.404. The molecule has 0 aromatic carbocycles. The van der Waals surface area contributed by atoms with Crippen molar-refractivity contribution in [1.29, 1.82) is 0 Å². The summed E-state index contributed by atoms with van der Waals surface area (Å²) in [5.74, 6) is 0. The SMILES string of the molecule is OC(CNCc1sccc1Br)c1cccs1. The van der Waals surface area contributed by atoms with Gasteiger partial charge in [0, 0.05) is 27.3 Å². The van der Waals surface area contributed by atoms with Crippen molar-refractivity contribution in [3.8, 4) is 0 Å². The highest BCUT2D eigenvalue weighted by molar-refractivity contribution is 9.10. The molecule has 2 N–H and O–H groups in total. The van der Waals surface area contributed by atoms with E-state index in [1.165, 1.54) is 4.88 Å². The first-order valence-corrected chi connectivity index (χ1v) is 7.46. The van der Waals surface area contributed by atoms with Gasteiger partial charge in [-0.1, -0.05) is 6.07 Å². The molecule has 0 aliphatic carbocycles. The van der Waals surface area contributed by atoms with E-state index in [4.69, 9.17) is 0 Å². The molecule has 0 radical (unpaired) electrons. The lowest BCUT2D eigenvalue weighted by Crippen LogP contribution is -2.20. The number of hydrogen-bond donors (Lipinski definition) is 2. The number of aliphatic hydroxyl groups is 1.